The Morgan fingerprint density at radius 2 is 1.62 bits per heavy atom. The van der Waals surface area contributed by atoms with Gasteiger partial charge in [0.15, 0.2) is 6.61 Å². The number of hydrogen-bond donors (Lipinski definition) is 1. The summed E-state index contributed by atoms with van der Waals surface area (Å²) in [5.41, 5.74) is 1.49. The molecule has 4 nitrogen and oxygen atoms in total. The second-order valence-corrected chi connectivity index (χ2v) is 6.26. The molecule has 0 heterocycles. The zero-order chi connectivity index (χ0) is 17.5. The van der Waals surface area contributed by atoms with Crippen LogP contribution in [0.25, 0.3) is 0 Å². The minimum atomic E-state index is -0.489. The van der Waals surface area contributed by atoms with E-state index in [1.807, 2.05) is 0 Å². The van der Waals surface area contributed by atoms with Crippen molar-refractivity contribution in [3.8, 4) is 0 Å². The predicted molar refractivity (Wildman–Crippen MR) is 94.4 cm³/mol. The lowest BCUT2D eigenvalue weighted by Gasteiger charge is -2.08. The summed E-state index contributed by atoms with van der Waals surface area (Å²) < 4.78 is 4.94. The Labute approximate surface area is 154 Å². The summed E-state index contributed by atoms with van der Waals surface area (Å²) in [7, 11) is 0. The molecule has 0 radical (unpaired) electrons. The minimum Gasteiger partial charge on any atom is -0.455 e. The van der Waals surface area contributed by atoms with Gasteiger partial charge in [-0.15, -0.1) is 0 Å². The third-order valence-electron chi connectivity index (χ3n) is 3.12. The predicted octanol–water partition coefficient (Wildman–Crippen LogP) is 4.05. The molecule has 1 amide bonds. The number of esters is 1. The third kappa shape index (κ3) is 6.04. The maximum Gasteiger partial charge on any atom is 0.310 e. The average molecular weight is 387 g/mol. The van der Waals surface area contributed by atoms with Gasteiger partial charge in [0.1, 0.15) is 0 Å². The second kappa shape index (κ2) is 8.92. The maximum absolute atomic E-state index is 11.7. The van der Waals surface area contributed by atoms with Gasteiger partial charge in [-0.25, -0.2) is 0 Å². The van der Waals surface area contributed by atoms with E-state index in [1.165, 1.54) is 0 Å². The molecule has 0 bridgehead atoms. The van der Waals surface area contributed by atoms with E-state index < -0.39 is 11.9 Å². The molecule has 2 aromatic carbocycles. The average Bonchev–Trinajstić information content (AvgIpc) is 2.54. The van der Waals surface area contributed by atoms with Gasteiger partial charge in [0.05, 0.1) is 6.42 Å². The molecular weight excluding hydrogens is 373 g/mol. The van der Waals surface area contributed by atoms with Gasteiger partial charge in [0.25, 0.3) is 5.91 Å². The number of halogens is 3. The highest BCUT2D eigenvalue weighted by atomic mass is 35.5. The van der Waals surface area contributed by atoms with Crippen molar-refractivity contribution in [3.05, 3.63) is 68.7 Å². The van der Waals surface area contributed by atoms with E-state index in [2.05, 4.69) is 5.32 Å². The van der Waals surface area contributed by atoms with E-state index in [4.69, 9.17) is 39.5 Å². The Hall–Kier alpha value is -1.75. The molecule has 0 aliphatic heterocycles. The summed E-state index contributed by atoms with van der Waals surface area (Å²) in [6, 6.07) is 11.8. The van der Waals surface area contributed by atoms with Crippen LogP contribution in [0.15, 0.2) is 42.5 Å². The first-order valence-corrected chi connectivity index (χ1v) is 8.18. The van der Waals surface area contributed by atoms with Crippen molar-refractivity contribution >= 4 is 46.7 Å². The first-order chi connectivity index (χ1) is 11.4. The van der Waals surface area contributed by atoms with Crippen LogP contribution < -0.4 is 5.32 Å². The Morgan fingerprint density at radius 1 is 0.958 bits per heavy atom. The van der Waals surface area contributed by atoms with Gasteiger partial charge in [-0.1, -0.05) is 53.0 Å². The Bertz CT molecular complexity index is 732. The third-order valence-corrected chi connectivity index (χ3v) is 3.96. The minimum absolute atomic E-state index is 0.0768. The first-order valence-electron chi connectivity index (χ1n) is 7.05. The summed E-state index contributed by atoms with van der Waals surface area (Å²) in [4.78, 5) is 23.4. The number of nitrogens with one attached hydrogen (secondary N) is 1. The highest BCUT2D eigenvalue weighted by Crippen LogP contribution is 2.20. The Balaban J connectivity index is 1.74. The fourth-order valence-electron chi connectivity index (χ4n) is 1.88. The topological polar surface area (TPSA) is 55.4 Å². The van der Waals surface area contributed by atoms with Crippen LogP contribution in [0, 0.1) is 0 Å². The fourth-order valence-corrected chi connectivity index (χ4v) is 2.48. The molecular formula is C17H14Cl3NO3. The number of amides is 1. The van der Waals surface area contributed by atoms with Crippen LogP contribution in [-0.2, 0) is 27.3 Å². The molecule has 0 aliphatic carbocycles. The quantitative estimate of drug-likeness (QED) is 0.762. The van der Waals surface area contributed by atoms with Crippen molar-refractivity contribution in [2.45, 2.75) is 13.0 Å². The van der Waals surface area contributed by atoms with E-state index in [0.29, 0.717) is 15.1 Å². The van der Waals surface area contributed by atoms with Gasteiger partial charge in [-0.2, -0.15) is 0 Å². The molecule has 0 saturated heterocycles. The molecule has 0 fully saturated rings. The van der Waals surface area contributed by atoms with Crippen LogP contribution in [0.1, 0.15) is 11.1 Å². The van der Waals surface area contributed by atoms with Crippen molar-refractivity contribution in [2.75, 3.05) is 6.61 Å². The molecule has 126 valence electrons. The summed E-state index contributed by atoms with van der Waals surface area (Å²) >= 11 is 17.6. The highest BCUT2D eigenvalue weighted by molar-refractivity contribution is 6.35. The Kier molecular flexibility index (Phi) is 6.91. The van der Waals surface area contributed by atoms with Gasteiger partial charge >= 0.3 is 5.97 Å². The van der Waals surface area contributed by atoms with E-state index in [-0.39, 0.29) is 19.6 Å². The molecule has 0 spiro atoms. The molecule has 1 N–H and O–H groups in total. The zero-order valence-corrected chi connectivity index (χ0v) is 14.8. The van der Waals surface area contributed by atoms with Crippen LogP contribution in [0.3, 0.4) is 0 Å². The summed E-state index contributed by atoms with van der Waals surface area (Å²) in [6.45, 7) is -0.124. The van der Waals surface area contributed by atoms with Gasteiger partial charge in [-0.3, -0.25) is 9.59 Å². The number of ether oxygens (including phenoxy) is 1. The number of benzene rings is 2. The van der Waals surface area contributed by atoms with Crippen molar-refractivity contribution in [3.63, 3.8) is 0 Å². The lowest BCUT2D eigenvalue weighted by Crippen LogP contribution is -2.28. The number of carbonyl (C=O) groups excluding carboxylic acids is 2. The lowest BCUT2D eigenvalue weighted by atomic mass is 10.1. The monoisotopic (exact) mass is 385 g/mol. The van der Waals surface area contributed by atoms with E-state index in [1.54, 1.807) is 42.5 Å². The van der Waals surface area contributed by atoms with Gasteiger partial charge in [-0.05, 0) is 35.4 Å². The molecule has 24 heavy (non-hydrogen) atoms. The molecule has 0 saturated carbocycles. The van der Waals surface area contributed by atoms with Gasteiger partial charge in [0, 0.05) is 21.6 Å². The van der Waals surface area contributed by atoms with E-state index >= 15 is 0 Å². The first kappa shape index (κ1) is 18.6. The molecule has 0 unspecified atom stereocenters. The van der Waals surface area contributed by atoms with Crippen molar-refractivity contribution in [1.29, 1.82) is 0 Å². The van der Waals surface area contributed by atoms with Crippen LogP contribution in [-0.4, -0.2) is 18.5 Å². The normalized spacial score (nSPS) is 10.3. The second-order valence-electron chi connectivity index (χ2n) is 4.98. The van der Waals surface area contributed by atoms with Crippen molar-refractivity contribution in [2.24, 2.45) is 0 Å². The standard InChI is InChI=1S/C17H14Cl3NO3/c18-13-4-1-11(2-5-13)7-17(23)24-10-16(22)21-9-12-3-6-14(19)8-15(12)20/h1-6,8H,7,9-10H2,(H,21,22). The molecule has 2 rings (SSSR count). The van der Waals surface area contributed by atoms with Gasteiger partial charge < -0.3 is 10.1 Å². The largest absolute Gasteiger partial charge is 0.455 e. The summed E-state index contributed by atoms with van der Waals surface area (Å²) in [5, 5.41) is 4.20. The molecule has 7 heteroatoms. The number of hydrogen-bond acceptors (Lipinski definition) is 3. The number of carbonyl (C=O) groups is 2. The van der Waals surface area contributed by atoms with Crippen molar-refractivity contribution in [1.82, 2.24) is 5.32 Å². The Morgan fingerprint density at radius 3 is 2.29 bits per heavy atom. The smallest absolute Gasteiger partial charge is 0.310 e. The fraction of sp³-hybridized carbons (Fsp3) is 0.176. The van der Waals surface area contributed by atoms with Gasteiger partial charge in [0.2, 0.25) is 0 Å². The van der Waals surface area contributed by atoms with E-state index in [0.717, 1.165) is 11.1 Å². The summed E-state index contributed by atoms with van der Waals surface area (Å²) in [6.07, 6.45) is 0.0768. The maximum atomic E-state index is 11.7. The highest BCUT2D eigenvalue weighted by Gasteiger charge is 2.09. The molecule has 0 aromatic heterocycles. The number of rotatable bonds is 6. The van der Waals surface area contributed by atoms with Crippen LogP contribution >= 0.6 is 34.8 Å². The van der Waals surface area contributed by atoms with Crippen molar-refractivity contribution < 1.29 is 14.3 Å². The molecule has 2 aromatic rings. The van der Waals surface area contributed by atoms with Crippen LogP contribution in [0.5, 0.6) is 0 Å². The van der Waals surface area contributed by atoms with Crippen LogP contribution in [0.2, 0.25) is 15.1 Å². The molecule has 0 atom stereocenters. The zero-order valence-electron chi connectivity index (χ0n) is 12.5. The summed E-state index contributed by atoms with van der Waals surface area (Å²) in [5.74, 6) is -0.900. The SMILES string of the molecule is O=C(COC(=O)Cc1ccc(Cl)cc1)NCc1ccc(Cl)cc1Cl. The van der Waals surface area contributed by atoms with E-state index in [9.17, 15) is 9.59 Å². The molecule has 0 aliphatic rings. The van der Waals surface area contributed by atoms with Crippen LogP contribution in [0.4, 0.5) is 0 Å². The lowest BCUT2D eigenvalue weighted by molar-refractivity contribution is -0.147.